The maximum absolute atomic E-state index is 13.6. The summed E-state index contributed by atoms with van der Waals surface area (Å²) in [4.78, 5) is 13.3. The zero-order chi connectivity index (χ0) is 12.3. The summed E-state index contributed by atoms with van der Waals surface area (Å²) in [7, 11) is 0. The smallest absolute Gasteiger partial charge is 0.162 e. The highest BCUT2D eigenvalue weighted by atomic mass is 19.1. The Morgan fingerprint density at radius 1 is 1.41 bits per heavy atom. The highest BCUT2D eigenvalue weighted by Crippen LogP contribution is 2.13. The number of nitrogens with zero attached hydrogens (tertiary/aromatic N) is 1. The molecular weight excluding hydrogens is 221 g/mol. The van der Waals surface area contributed by atoms with Crippen LogP contribution < -0.4 is 0 Å². The molecule has 0 aromatic heterocycles. The predicted molar refractivity (Wildman–Crippen MR) is 62.5 cm³/mol. The van der Waals surface area contributed by atoms with Crippen molar-refractivity contribution in [1.29, 1.82) is 0 Å². The minimum atomic E-state index is -0.428. The Balaban J connectivity index is 2.06. The van der Waals surface area contributed by atoms with Crippen LogP contribution >= 0.6 is 0 Å². The lowest BCUT2D eigenvalue weighted by Gasteiger charge is -2.26. The number of halogens is 1. The number of ether oxygens (including phenoxy) is 1. The number of rotatable bonds is 3. The molecular formula is C13H16FNO2. The van der Waals surface area contributed by atoms with Crippen LogP contribution in [-0.4, -0.2) is 37.0 Å². The van der Waals surface area contributed by atoms with E-state index in [2.05, 4.69) is 4.90 Å². The first-order valence-electron chi connectivity index (χ1n) is 5.76. The standard InChI is InChI=1S/C13H16FNO2/c1-10(16)12-3-2-11(8-13(12)14)9-15-4-6-17-7-5-15/h2-3,8H,4-7,9H2,1H3. The second-order valence-corrected chi connectivity index (χ2v) is 4.26. The fourth-order valence-corrected chi connectivity index (χ4v) is 1.96. The average molecular weight is 237 g/mol. The number of ketones is 1. The molecule has 0 radical (unpaired) electrons. The van der Waals surface area contributed by atoms with Gasteiger partial charge in [-0.3, -0.25) is 9.69 Å². The molecule has 0 bridgehead atoms. The summed E-state index contributed by atoms with van der Waals surface area (Å²) in [5.41, 5.74) is 1.06. The number of carbonyl (C=O) groups is 1. The van der Waals surface area contributed by atoms with Gasteiger partial charge in [-0.1, -0.05) is 6.07 Å². The number of benzene rings is 1. The first-order valence-corrected chi connectivity index (χ1v) is 5.76. The minimum absolute atomic E-state index is 0.163. The van der Waals surface area contributed by atoms with Crippen molar-refractivity contribution < 1.29 is 13.9 Å². The van der Waals surface area contributed by atoms with E-state index in [1.807, 2.05) is 6.07 Å². The van der Waals surface area contributed by atoms with Gasteiger partial charge in [-0.15, -0.1) is 0 Å². The van der Waals surface area contributed by atoms with Crippen molar-refractivity contribution in [3.05, 3.63) is 35.1 Å². The van der Waals surface area contributed by atoms with Crippen LogP contribution in [0.5, 0.6) is 0 Å². The molecule has 0 amide bonds. The topological polar surface area (TPSA) is 29.5 Å². The molecule has 2 rings (SSSR count). The van der Waals surface area contributed by atoms with E-state index in [0.717, 1.165) is 31.9 Å². The SMILES string of the molecule is CC(=O)c1ccc(CN2CCOCC2)cc1F. The summed E-state index contributed by atoms with van der Waals surface area (Å²) in [5, 5.41) is 0. The molecule has 1 heterocycles. The van der Waals surface area contributed by atoms with E-state index in [0.29, 0.717) is 6.54 Å². The second kappa shape index (κ2) is 5.38. The summed E-state index contributed by atoms with van der Waals surface area (Å²) >= 11 is 0. The Hall–Kier alpha value is -1.26. The van der Waals surface area contributed by atoms with Crippen LogP contribution in [0.2, 0.25) is 0 Å². The van der Waals surface area contributed by atoms with Gasteiger partial charge < -0.3 is 4.74 Å². The summed E-state index contributed by atoms with van der Waals surface area (Å²) in [6, 6.07) is 4.83. The molecule has 1 aliphatic heterocycles. The summed E-state index contributed by atoms with van der Waals surface area (Å²) in [6.07, 6.45) is 0. The lowest BCUT2D eigenvalue weighted by Crippen LogP contribution is -2.35. The van der Waals surface area contributed by atoms with Crippen LogP contribution in [0.25, 0.3) is 0 Å². The molecule has 1 fully saturated rings. The van der Waals surface area contributed by atoms with Gasteiger partial charge in [0, 0.05) is 19.6 Å². The molecule has 17 heavy (non-hydrogen) atoms. The van der Waals surface area contributed by atoms with Crippen molar-refractivity contribution in [2.24, 2.45) is 0 Å². The molecule has 1 aliphatic rings. The molecule has 0 saturated carbocycles. The van der Waals surface area contributed by atoms with Crippen LogP contribution in [-0.2, 0) is 11.3 Å². The van der Waals surface area contributed by atoms with E-state index >= 15 is 0 Å². The van der Waals surface area contributed by atoms with E-state index < -0.39 is 5.82 Å². The zero-order valence-corrected chi connectivity index (χ0v) is 9.91. The summed E-state index contributed by atoms with van der Waals surface area (Å²) in [6.45, 7) is 5.28. The first kappa shape index (κ1) is 12.2. The van der Waals surface area contributed by atoms with E-state index in [-0.39, 0.29) is 11.3 Å². The Bertz CT molecular complexity index is 414. The molecule has 0 unspecified atom stereocenters. The number of morpholine rings is 1. The fourth-order valence-electron chi connectivity index (χ4n) is 1.96. The Morgan fingerprint density at radius 3 is 2.71 bits per heavy atom. The van der Waals surface area contributed by atoms with Gasteiger partial charge >= 0.3 is 0 Å². The lowest BCUT2D eigenvalue weighted by atomic mass is 10.1. The fraction of sp³-hybridized carbons (Fsp3) is 0.462. The van der Waals surface area contributed by atoms with Crippen molar-refractivity contribution in [3.63, 3.8) is 0 Å². The third-order valence-corrected chi connectivity index (χ3v) is 2.92. The van der Waals surface area contributed by atoms with E-state index in [4.69, 9.17) is 4.74 Å². The maximum atomic E-state index is 13.6. The van der Waals surface area contributed by atoms with Gasteiger partial charge in [0.2, 0.25) is 0 Å². The van der Waals surface area contributed by atoms with Gasteiger partial charge in [-0.25, -0.2) is 4.39 Å². The third-order valence-electron chi connectivity index (χ3n) is 2.92. The predicted octanol–water partition coefficient (Wildman–Crippen LogP) is 1.86. The summed E-state index contributed by atoms with van der Waals surface area (Å²) < 4.78 is 18.8. The normalized spacial score (nSPS) is 17.1. The Kier molecular flexibility index (Phi) is 3.86. The van der Waals surface area contributed by atoms with Gasteiger partial charge in [0.1, 0.15) is 5.82 Å². The minimum Gasteiger partial charge on any atom is -0.379 e. The summed E-state index contributed by atoms with van der Waals surface area (Å²) in [5.74, 6) is -0.663. The monoisotopic (exact) mass is 237 g/mol. The quantitative estimate of drug-likeness (QED) is 0.751. The number of Topliss-reactive ketones (excluding diaryl/α,β-unsaturated/α-hetero) is 1. The Labute approximate surface area is 100 Å². The van der Waals surface area contributed by atoms with E-state index in [1.54, 1.807) is 6.07 Å². The maximum Gasteiger partial charge on any atom is 0.162 e. The van der Waals surface area contributed by atoms with Crippen LogP contribution in [0.1, 0.15) is 22.8 Å². The Morgan fingerprint density at radius 2 is 2.12 bits per heavy atom. The molecule has 1 saturated heterocycles. The van der Waals surface area contributed by atoms with Crippen molar-refractivity contribution in [2.45, 2.75) is 13.5 Å². The van der Waals surface area contributed by atoms with Crippen LogP contribution in [0.15, 0.2) is 18.2 Å². The van der Waals surface area contributed by atoms with E-state index in [9.17, 15) is 9.18 Å². The molecule has 92 valence electrons. The second-order valence-electron chi connectivity index (χ2n) is 4.26. The highest BCUT2D eigenvalue weighted by Gasteiger charge is 2.12. The molecule has 0 N–H and O–H groups in total. The molecule has 0 spiro atoms. The number of hydrogen-bond donors (Lipinski definition) is 0. The largest absolute Gasteiger partial charge is 0.379 e. The zero-order valence-electron chi connectivity index (χ0n) is 9.91. The third kappa shape index (κ3) is 3.11. The molecule has 4 heteroatoms. The average Bonchev–Trinajstić information content (AvgIpc) is 2.30. The number of carbonyl (C=O) groups excluding carboxylic acids is 1. The highest BCUT2D eigenvalue weighted by molar-refractivity contribution is 5.94. The molecule has 1 aromatic carbocycles. The number of hydrogen-bond acceptors (Lipinski definition) is 3. The van der Waals surface area contributed by atoms with Gasteiger partial charge in [0.05, 0.1) is 18.8 Å². The van der Waals surface area contributed by atoms with Gasteiger partial charge in [0.25, 0.3) is 0 Å². The molecule has 0 atom stereocenters. The van der Waals surface area contributed by atoms with Gasteiger partial charge in [-0.05, 0) is 24.6 Å². The van der Waals surface area contributed by atoms with Gasteiger partial charge in [-0.2, -0.15) is 0 Å². The van der Waals surface area contributed by atoms with Crippen LogP contribution in [0.3, 0.4) is 0 Å². The lowest BCUT2D eigenvalue weighted by molar-refractivity contribution is 0.0341. The first-order chi connectivity index (χ1) is 8.16. The van der Waals surface area contributed by atoms with Crippen molar-refractivity contribution >= 4 is 5.78 Å². The molecule has 1 aromatic rings. The molecule has 3 nitrogen and oxygen atoms in total. The molecule has 0 aliphatic carbocycles. The van der Waals surface area contributed by atoms with Crippen molar-refractivity contribution in [2.75, 3.05) is 26.3 Å². The van der Waals surface area contributed by atoms with Crippen molar-refractivity contribution in [3.8, 4) is 0 Å². The van der Waals surface area contributed by atoms with Crippen LogP contribution in [0, 0.1) is 5.82 Å². The van der Waals surface area contributed by atoms with Crippen molar-refractivity contribution in [1.82, 2.24) is 4.90 Å². The van der Waals surface area contributed by atoms with Crippen LogP contribution in [0.4, 0.5) is 4.39 Å². The van der Waals surface area contributed by atoms with Gasteiger partial charge in [0.15, 0.2) is 5.78 Å². The van der Waals surface area contributed by atoms with E-state index in [1.165, 1.54) is 13.0 Å².